The molecular weight excluding hydrogens is 297 g/mol. The molecule has 0 saturated carbocycles. The molecule has 7 nitrogen and oxygen atoms in total. The molecule has 1 heterocycles. The molecule has 120 valence electrons. The number of imide groups is 1. The third kappa shape index (κ3) is 6.08. The van der Waals surface area contributed by atoms with Crippen LogP contribution in [0.4, 0.5) is 0 Å². The molecule has 0 N–H and O–H groups in total. The number of amides is 2. The molecule has 2 amide bonds. The van der Waals surface area contributed by atoms with Crippen LogP contribution in [0.2, 0.25) is 0 Å². The van der Waals surface area contributed by atoms with Gasteiger partial charge in [0, 0.05) is 12.8 Å². The number of hydroxylamine groups is 2. The third-order valence-corrected chi connectivity index (χ3v) is 5.18. The minimum atomic E-state index is -0.532. The minimum absolute atomic E-state index is 0.111. The zero-order valence-corrected chi connectivity index (χ0v) is 13.6. The molecular formula is C13H22NO6P. The van der Waals surface area contributed by atoms with Crippen LogP contribution in [0.3, 0.4) is 0 Å². The summed E-state index contributed by atoms with van der Waals surface area (Å²) >= 11 is 0. The summed E-state index contributed by atoms with van der Waals surface area (Å²) in [5.74, 6) is -1.78. The topological polar surface area (TPSA) is 82.1 Å². The van der Waals surface area contributed by atoms with Crippen LogP contribution in [0.1, 0.15) is 26.2 Å². The van der Waals surface area contributed by atoms with Crippen LogP contribution in [0.25, 0.3) is 0 Å². The normalized spacial score (nSPS) is 18.0. The quantitative estimate of drug-likeness (QED) is 0.209. The van der Waals surface area contributed by atoms with Crippen molar-refractivity contribution >= 4 is 25.7 Å². The molecule has 21 heavy (non-hydrogen) atoms. The van der Waals surface area contributed by atoms with Crippen molar-refractivity contribution in [2.24, 2.45) is 5.92 Å². The first-order chi connectivity index (χ1) is 9.95. The van der Waals surface area contributed by atoms with Gasteiger partial charge in [0.05, 0.1) is 19.6 Å². The molecule has 1 fully saturated rings. The first kappa shape index (κ1) is 18.0. The van der Waals surface area contributed by atoms with Gasteiger partial charge < -0.3 is 4.84 Å². The Bertz CT molecular complexity index is 373. The van der Waals surface area contributed by atoms with Gasteiger partial charge in [-0.2, -0.15) is 0 Å². The maximum Gasteiger partial charge on any atom is 0.335 e. The lowest BCUT2D eigenvalue weighted by Crippen LogP contribution is -2.34. The number of rotatable bonds is 9. The van der Waals surface area contributed by atoms with E-state index in [0.717, 1.165) is 12.3 Å². The van der Waals surface area contributed by atoms with Gasteiger partial charge in [-0.25, -0.2) is 14.6 Å². The van der Waals surface area contributed by atoms with Gasteiger partial charge in [-0.3, -0.25) is 9.59 Å². The molecule has 0 aromatic rings. The molecule has 1 saturated heterocycles. The molecule has 8 heteroatoms. The van der Waals surface area contributed by atoms with E-state index in [2.05, 4.69) is 11.6 Å². The van der Waals surface area contributed by atoms with Crippen LogP contribution in [0.5, 0.6) is 0 Å². The summed E-state index contributed by atoms with van der Waals surface area (Å²) in [7, 11) is 1.23. The average molecular weight is 319 g/mol. The first-order valence-electron chi connectivity index (χ1n) is 6.87. The molecule has 1 rings (SSSR count). The average Bonchev–Trinajstić information content (AvgIpc) is 2.76. The van der Waals surface area contributed by atoms with Gasteiger partial charge >= 0.3 is 5.97 Å². The van der Waals surface area contributed by atoms with Crippen LogP contribution in [-0.2, 0) is 29.0 Å². The highest BCUT2D eigenvalue weighted by atomic mass is 31.1. The van der Waals surface area contributed by atoms with E-state index in [4.69, 9.17) is 9.73 Å². The number of nitrogens with zero attached hydrogens (tertiary/aromatic N) is 1. The Hall–Kier alpha value is -1.04. The maximum atomic E-state index is 11.9. The largest absolute Gasteiger partial charge is 0.335 e. The predicted octanol–water partition coefficient (Wildman–Crippen LogP) is 1.31. The second-order valence-electron chi connectivity index (χ2n) is 4.97. The highest BCUT2D eigenvalue weighted by Crippen LogP contribution is 2.32. The molecule has 0 aromatic carbocycles. The van der Waals surface area contributed by atoms with Gasteiger partial charge in [0.1, 0.15) is 0 Å². The summed E-state index contributed by atoms with van der Waals surface area (Å²) in [5, 5.41) is 0.597. The lowest BCUT2D eigenvalue weighted by molar-refractivity contribution is -0.267. The molecule has 2 unspecified atom stereocenters. The van der Waals surface area contributed by atoms with Crippen molar-refractivity contribution in [2.75, 3.05) is 32.7 Å². The fourth-order valence-electron chi connectivity index (χ4n) is 1.76. The summed E-state index contributed by atoms with van der Waals surface area (Å²) in [6.45, 7) is 4.40. The highest BCUT2D eigenvalue weighted by molar-refractivity contribution is 7.56. The van der Waals surface area contributed by atoms with E-state index >= 15 is 0 Å². The Balaban J connectivity index is 2.27. The summed E-state index contributed by atoms with van der Waals surface area (Å²) in [5.41, 5.74) is 0. The van der Waals surface area contributed by atoms with E-state index in [1.807, 2.05) is 0 Å². The number of carbonyl (C=O) groups excluding carboxylic acids is 3. The third-order valence-electron chi connectivity index (χ3n) is 3.21. The Kier molecular flexibility index (Phi) is 7.78. The van der Waals surface area contributed by atoms with E-state index in [1.54, 1.807) is 6.92 Å². The van der Waals surface area contributed by atoms with E-state index in [1.165, 1.54) is 7.11 Å². The monoisotopic (exact) mass is 319 g/mol. The molecule has 0 radical (unpaired) electrons. The van der Waals surface area contributed by atoms with Crippen molar-refractivity contribution in [1.82, 2.24) is 5.06 Å². The van der Waals surface area contributed by atoms with Crippen LogP contribution >= 0.6 is 7.92 Å². The summed E-state index contributed by atoms with van der Waals surface area (Å²) in [4.78, 5) is 48.8. The van der Waals surface area contributed by atoms with E-state index < -0.39 is 17.8 Å². The van der Waals surface area contributed by atoms with E-state index in [-0.39, 0.29) is 26.7 Å². The highest BCUT2D eigenvalue weighted by Gasteiger charge is 2.33. The van der Waals surface area contributed by atoms with Gasteiger partial charge in [-0.15, -0.1) is 13.0 Å². The van der Waals surface area contributed by atoms with Crippen molar-refractivity contribution in [2.45, 2.75) is 26.2 Å². The zero-order valence-electron chi connectivity index (χ0n) is 12.7. The van der Waals surface area contributed by atoms with Gasteiger partial charge in [-0.05, 0) is 25.4 Å². The molecule has 0 aliphatic carbocycles. The lowest BCUT2D eigenvalue weighted by atomic mass is 10.1. The van der Waals surface area contributed by atoms with Crippen LogP contribution in [0.15, 0.2) is 0 Å². The smallest absolute Gasteiger partial charge is 0.330 e. The second-order valence-corrected chi connectivity index (χ2v) is 7.58. The van der Waals surface area contributed by atoms with E-state index in [0.29, 0.717) is 18.1 Å². The Morgan fingerprint density at radius 3 is 2.48 bits per heavy atom. The maximum absolute atomic E-state index is 11.9. The lowest BCUT2D eigenvalue weighted by Gasteiger charge is -2.18. The Morgan fingerprint density at radius 1 is 1.29 bits per heavy atom. The number of hydrogen-bond acceptors (Lipinski definition) is 6. The van der Waals surface area contributed by atoms with Gasteiger partial charge in [0.15, 0.2) is 0 Å². The molecule has 2 atom stereocenters. The SMILES string of the molecule is COOCCP(C)CCC(C)C(=O)ON1C(=O)CCC1=O. The van der Waals surface area contributed by atoms with Gasteiger partial charge in [-0.1, -0.05) is 6.92 Å². The van der Waals surface area contributed by atoms with E-state index in [9.17, 15) is 14.4 Å². The summed E-state index contributed by atoms with van der Waals surface area (Å²) in [6, 6.07) is 0. The fraction of sp³-hybridized carbons (Fsp3) is 0.769. The van der Waals surface area contributed by atoms with Gasteiger partial charge in [0.2, 0.25) is 0 Å². The van der Waals surface area contributed by atoms with Crippen molar-refractivity contribution in [3.63, 3.8) is 0 Å². The fourth-order valence-corrected chi connectivity index (χ4v) is 3.20. The molecule has 1 aliphatic rings. The molecule has 0 aromatic heterocycles. The second kappa shape index (κ2) is 9.07. The summed E-state index contributed by atoms with van der Waals surface area (Å²) < 4.78 is 0. The van der Waals surface area contributed by atoms with Crippen LogP contribution < -0.4 is 0 Å². The first-order valence-corrected chi connectivity index (χ1v) is 9.03. The van der Waals surface area contributed by atoms with Crippen molar-refractivity contribution in [3.8, 4) is 0 Å². The zero-order chi connectivity index (χ0) is 15.8. The van der Waals surface area contributed by atoms with Crippen LogP contribution in [-0.4, -0.2) is 55.6 Å². The standard InChI is InChI=1S/C13H22NO6P/c1-10(6-8-21(3)9-7-19-18-2)13(17)20-14-11(15)4-5-12(14)16/h10H,4-9H2,1-3H3. The Morgan fingerprint density at radius 2 is 1.90 bits per heavy atom. The minimum Gasteiger partial charge on any atom is -0.330 e. The van der Waals surface area contributed by atoms with Crippen molar-refractivity contribution in [1.29, 1.82) is 0 Å². The summed E-state index contributed by atoms with van der Waals surface area (Å²) in [6.07, 6.45) is 2.67. The number of hydrogen-bond donors (Lipinski definition) is 0. The number of carbonyl (C=O) groups is 3. The Labute approximate surface area is 125 Å². The molecule has 0 spiro atoms. The van der Waals surface area contributed by atoms with Gasteiger partial charge in [0.25, 0.3) is 11.8 Å². The predicted molar refractivity (Wildman–Crippen MR) is 76.5 cm³/mol. The van der Waals surface area contributed by atoms with Crippen LogP contribution in [0, 0.1) is 5.92 Å². The molecule has 0 bridgehead atoms. The van der Waals surface area contributed by atoms with Crippen molar-refractivity contribution < 1.29 is 29.0 Å². The molecule has 1 aliphatic heterocycles. The van der Waals surface area contributed by atoms with Crippen molar-refractivity contribution in [3.05, 3.63) is 0 Å².